The van der Waals surface area contributed by atoms with Crippen molar-refractivity contribution in [3.8, 4) is 0 Å². The standard InChI is InChI=1S/C26H29ClFN3O4/c1-12-7-8-15(35-12)23(25(2,3)4)30-20-19(21(32)22(20)33)29-18-14(28)11-13(27)17-16(18)24(34)31-26(17)9-5-6-10-26/h7-8,11,13,17,23,29-30H,5-6,9-10H2,1-4H3,(H,31,34)/t13?,17?,23-/m0/s1. The first-order valence-corrected chi connectivity index (χ1v) is 12.4. The molecule has 3 atom stereocenters. The van der Waals surface area contributed by atoms with E-state index >= 15 is 4.39 Å². The average molecular weight is 502 g/mol. The highest BCUT2D eigenvalue weighted by Gasteiger charge is 2.56. The fourth-order valence-corrected chi connectivity index (χ4v) is 6.26. The molecule has 1 aromatic heterocycles. The molecule has 1 saturated carbocycles. The van der Waals surface area contributed by atoms with Crippen LogP contribution in [0.25, 0.3) is 0 Å². The quantitative estimate of drug-likeness (QED) is 0.409. The normalized spacial score (nSPS) is 24.5. The van der Waals surface area contributed by atoms with E-state index in [1.54, 1.807) is 0 Å². The summed E-state index contributed by atoms with van der Waals surface area (Å²) in [5.41, 5.74) is -2.26. The molecule has 1 aromatic carbocycles. The molecule has 3 N–H and O–H groups in total. The van der Waals surface area contributed by atoms with Crippen LogP contribution >= 0.6 is 11.6 Å². The summed E-state index contributed by atoms with van der Waals surface area (Å²) in [6, 6.07) is 3.22. The van der Waals surface area contributed by atoms with E-state index in [0.29, 0.717) is 5.76 Å². The van der Waals surface area contributed by atoms with Gasteiger partial charge in [-0.25, -0.2) is 4.39 Å². The lowest BCUT2D eigenvalue weighted by Gasteiger charge is -2.35. The first-order valence-electron chi connectivity index (χ1n) is 11.9. The third kappa shape index (κ3) is 3.73. The Morgan fingerprint density at radius 2 is 1.80 bits per heavy atom. The van der Waals surface area contributed by atoms with Crippen LogP contribution in [0.2, 0.25) is 0 Å². The molecule has 2 fully saturated rings. The predicted molar refractivity (Wildman–Crippen MR) is 133 cm³/mol. The van der Waals surface area contributed by atoms with Crippen molar-refractivity contribution < 1.29 is 13.6 Å². The van der Waals surface area contributed by atoms with Crippen LogP contribution in [-0.4, -0.2) is 16.8 Å². The van der Waals surface area contributed by atoms with E-state index < -0.39 is 39.6 Å². The number of alkyl halides is 1. The van der Waals surface area contributed by atoms with Gasteiger partial charge in [-0.1, -0.05) is 33.6 Å². The number of fused-ring (bicyclic) bond motifs is 2. The maximum Gasteiger partial charge on any atom is 0.253 e. The molecule has 3 aliphatic rings. The maximum atomic E-state index is 15.2. The Labute approximate surface area is 207 Å². The van der Waals surface area contributed by atoms with E-state index in [0.717, 1.165) is 31.4 Å². The van der Waals surface area contributed by atoms with Crippen LogP contribution in [0.15, 0.2) is 49.3 Å². The number of halogens is 2. The van der Waals surface area contributed by atoms with Crippen LogP contribution in [0.4, 0.5) is 15.8 Å². The summed E-state index contributed by atoms with van der Waals surface area (Å²) < 4.78 is 21.0. The van der Waals surface area contributed by atoms with Crippen molar-refractivity contribution >= 4 is 28.9 Å². The largest absolute Gasteiger partial charge is 0.464 e. The van der Waals surface area contributed by atoms with E-state index in [1.165, 1.54) is 6.08 Å². The molecule has 2 unspecified atom stereocenters. The number of hydrogen-bond donors (Lipinski definition) is 3. The zero-order valence-electron chi connectivity index (χ0n) is 20.2. The van der Waals surface area contributed by atoms with Crippen molar-refractivity contribution in [1.29, 1.82) is 0 Å². The van der Waals surface area contributed by atoms with Crippen molar-refractivity contribution in [2.75, 3.05) is 10.6 Å². The van der Waals surface area contributed by atoms with Gasteiger partial charge in [0.15, 0.2) is 0 Å². The molecule has 186 valence electrons. The SMILES string of the molecule is Cc1ccc([C@H](Nc2c(NC3=C4C(=O)NC5(CCCC5)C4C(Cl)C=C3F)c(=O)c2=O)C(C)(C)C)o1. The molecule has 1 aliphatic heterocycles. The zero-order chi connectivity index (χ0) is 25.3. The lowest BCUT2D eigenvalue weighted by Crippen LogP contribution is -2.46. The van der Waals surface area contributed by atoms with Gasteiger partial charge in [0.25, 0.3) is 10.9 Å². The van der Waals surface area contributed by atoms with Crippen molar-refractivity contribution in [2.45, 2.75) is 70.3 Å². The van der Waals surface area contributed by atoms with Gasteiger partial charge in [-0.3, -0.25) is 14.4 Å². The molecular formula is C26H29ClFN3O4. The van der Waals surface area contributed by atoms with Gasteiger partial charge in [-0.15, -0.1) is 11.6 Å². The summed E-state index contributed by atoms with van der Waals surface area (Å²) in [6.45, 7) is 7.75. The van der Waals surface area contributed by atoms with Crippen LogP contribution in [0.3, 0.4) is 0 Å². The highest BCUT2D eigenvalue weighted by Crippen LogP contribution is 2.50. The molecular weight excluding hydrogens is 473 g/mol. The van der Waals surface area contributed by atoms with Crippen molar-refractivity contribution in [3.05, 3.63) is 67.3 Å². The number of furan rings is 1. The van der Waals surface area contributed by atoms with Gasteiger partial charge in [0.1, 0.15) is 28.7 Å². The molecule has 7 nitrogen and oxygen atoms in total. The Kier molecular flexibility index (Phi) is 5.51. The second kappa shape index (κ2) is 8.08. The van der Waals surface area contributed by atoms with Gasteiger partial charge in [0.2, 0.25) is 5.91 Å². The summed E-state index contributed by atoms with van der Waals surface area (Å²) in [5.74, 6) is -0.189. The highest BCUT2D eigenvalue weighted by atomic mass is 35.5. The lowest BCUT2D eigenvalue weighted by atomic mass is 9.76. The highest BCUT2D eigenvalue weighted by molar-refractivity contribution is 6.23. The van der Waals surface area contributed by atoms with Crippen LogP contribution < -0.4 is 26.8 Å². The first-order chi connectivity index (χ1) is 16.4. The van der Waals surface area contributed by atoms with Crippen molar-refractivity contribution in [3.63, 3.8) is 0 Å². The number of anilines is 2. The summed E-state index contributed by atoms with van der Waals surface area (Å²) in [6.07, 6.45) is 4.72. The number of aryl methyl sites for hydroxylation is 1. The summed E-state index contributed by atoms with van der Waals surface area (Å²) in [5, 5.41) is 8.32. The summed E-state index contributed by atoms with van der Waals surface area (Å²) >= 11 is 6.54. The second-order valence-corrected chi connectivity index (χ2v) is 11.5. The van der Waals surface area contributed by atoms with Gasteiger partial charge in [-0.2, -0.15) is 0 Å². The van der Waals surface area contributed by atoms with Crippen molar-refractivity contribution in [2.24, 2.45) is 11.3 Å². The molecule has 0 bridgehead atoms. The number of nitrogens with one attached hydrogen (secondary N) is 3. The van der Waals surface area contributed by atoms with E-state index in [1.807, 2.05) is 39.8 Å². The number of rotatable bonds is 5. The minimum absolute atomic E-state index is 0.0448. The van der Waals surface area contributed by atoms with Crippen molar-refractivity contribution in [1.82, 2.24) is 5.32 Å². The van der Waals surface area contributed by atoms with Gasteiger partial charge in [0.05, 0.1) is 22.7 Å². The maximum absolute atomic E-state index is 15.2. The van der Waals surface area contributed by atoms with Gasteiger partial charge < -0.3 is 20.4 Å². The number of hydrogen-bond acceptors (Lipinski definition) is 6. The minimum Gasteiger partial charge on any atom is -0.464 e. The van der Waals surface area contributed by atoms with Gasteiger partial charge in [0, 0.05) is 11.5 Å². The van der Waals surface area contributed by atoms with Crippen LogP contribution in [0, 0.1) is 18.3 Å². The lowest BCUT2D eigenvalue weighted by molar-refractivity contribution is -0.117. The third-order valence-corrected chi connectivity index (χ3v) is 7.88. The fourth-order valence-electron chi connectivity index (χ4n) is 5.78. The van der Waals surface area contributed by atoms with E-state index in [4.69, 9.17) is 16.0 Å². The Bertz CT molecular complexity index is 1340. The molecule has 2 aliphatic carbocycles. The third-order valence-electron chi connectivity index (χ3n) is 7.50. The van der Waals surface area contributed by atoms with E-state index in [9.17, 15) is 14.4 Å². The molecule has 9 heteroatoms. The zero-order valence-corrected chi connectivity index (χ0v) is 20.9. The number of carbonyl (C=O) groups excluding carboxylic acids is 1. The summed E-state index contributed by atoms with van der Waals surface area (Å²) in [7, 11) is 0. The number of amides is 1. The molecule has 1 amide bonds. The molecule has 35 heavy (non-hydrogen) atoms. The second-order valence-electron chi connectivity index (χ2n) is 11.0. The summed E-state index contributed by atoms with van der Waals surface area (Å²) in [4.78, 5) is 38.2. The van der Waals surface area contributed by atoms with Crippen LogP contribution in [-0.2, 0) is 4.79 Å². The molecule has 2 heterocycles. The number of allylic oxidation sites excluding steroid dienone is 2. The molecule has 2 aromatic rings. The smallest absolute Gasteiger partial charge is 0.253 e. The predicted octanol–water partition coefficient (Wildman–Crippen LogP) is 4.58. The molecule has 1 saturated heterocycles. The van der Waals surface area contributed by atoms with E-state index in [-0.39, 0.29) is 34.0 Å². The Morgan fingerprint density at radius 1 is 1.14 bits per heavy atom. The fraction of sp³-hybridized carbons (Fsp3) is 0.500. The molecule has 1 spiro atoms. The first kappa shape index (κ1) is 23.9. The Morgan fingerprint density at radius 3 is 2.40 bits per heavy atom. The Balaban J connectivity index is 1.53. The van der Waals surface area contributed by atoms with Gasteiger partial charge >= 0.3 is 0 Å². The average Bonchev–Trinajstić information content (AvgIpc) is 3.48. The Hall–Kier alpha value is -2.87. The van der Waals surface area contributed by atoms with Crippen LogP contribution in [0.1, 0.15) is 64.0 Å². The monoisotopic (exact) mass is 501 g/mol. The molecule has 0 radical (unpaired) electrons. The molecule has 5 rings (SSSR count). The topological polar surface area (TPSA) is 100 Å². The minimum atomic E-state index is -0.768. The van der Waals surface area contributed by atoms with Gasteiger partial charge in [-0.05, 0) is 43.4 Å². The van der Waals surface area contributed by atoms with E-state index in [2.05, 4.69) is 16.0 Å². The van der Waals surface area contributed by atoms with Crippen LogP contribution in [0.5, 0.6) is 0 Å². The number of carbonyl (C=O) groups is 1.